The lowest BCUT2D eigenvalue weighted by Gasteiger charge is -2.12. The van der Waals surface area contributed by atoms with Crippen LogP contribution in [0.5, 0.6) is 5.75 Å². The van der Waals surface area contributed by atoms with E-state index in [9.17, 15) is 9.59 Å². The zero-order valence-electron chi connectivity index (χ0n) is 15.0. The molecule has 3 aromatic carbocycles. The minimum absolute atomic E-state index is 0.411. The number of ether oxygens (including phenoxy) is 1. The molecule has 4 rings (SSSR count). The Hall–Kier alpha value is -3.34. The standard InChI is InChI=1S/C22H19NO4/c1-15-7-4-11-18-20(15)23(22(25)27-21(18)24)13-6-14-26-19-12-5-9-16-8-2-3-10-17(16)19/h2-5,7-12H,6,13-14H2,1H3. The van der Waals surface area contributed by atoms with E-state index in [1.807, 2.05) is 55.5 Å². The average Bonchev–Trinajstić information content (AvgIpc) is 2.67. The Balaban J connectivity index is 1.55. The fourth-order valence-electron chi connectivity index (χ4n) is 3.39. The number of hydrogen-bond donors (Lipinski definition) is 0. The summed E-state index contributed by atoms with van der Waals surface area (Å²) in [5.74, 6) is 0.188. The molecule has 0 bridgehead atoms. The number of para-hydroxylation sites is 1. The molecule has 0 spiro atoms. The molecule has 0 aliphatic rings. The summed E-state index contributed by atoms with van der Waals surface area (Å²) < 4.78 is 12.3. The molecular weight excluding hydrogens is 342 g/mol. The van der Waals surface area contributed by atoms with E-state index in [0.29, 0.717) is 30.5 Å². The first kappa shape index (κ1) is 17.1. The molecule has 0 atom stereocenters. The van der Waals surface area contributed by atoms with Crippen molar-refractivity contribution in [2.75, 3.05) is 6.61 Å². The predicted molar refractivity (Wildman–Crippen MR) is 106 cm³/mol. The number of aromatic nitrogens is 1. The lowest BCUT2D eigenvalue weighted by atomic mass is 10.1. The largest absolute Gasteiger partial charge is 0.493 e. The van der Waals surface area contributed by atoms with Crippen molar-refractivity contribution in [1.82, 2.24) is 4.57 Å². The molecule has 4 aromatic rings. The molecule has 1 aromatic heterocycles. The fourth-order valence-corrected chi connectivity index (χ4v) is 3.39. The molecule has 136 valence electrons. The number of aryl methyl sites for hydroxylation is 2. The average molecular weight is 361 g/mol. The van der Waals surface area contributed by atoms with E-state index in [0.717, 1.165) is 22.1 Å². The van der Waals surface area contributed by atoms with Gasteiger partial charge in [0.05, 0.1) is 17.5 Å². The van der Waals surface area contributed by atoms with Crippen molar-refractivity contribution in [3.63, 3.8) is 0 Å². The second-order valence-electron chi connectivity index (χ2n) is 6.46. The summed E-state index contributed by atoms with van der Waals surface area (Å²) in [5.41, 5.74) is 0.901. The van der Waals surface area contributed by atoms with Crippen LogP contribution in [0.1, 0.15) is 12.0 Å². The Morgan fingerprint density at radius 2 is 1.67 bits per heavy atom. The van der Waals surface area contributed by atoms with E-state index in [-0.39, 0.29) is 0 Å². The van der Waals surface area contributed by atoms with Crippen LogP contribution in [0.2, 0.25) is 0 Å². The number of rotatable bonds is 5. The van der Waals surface area contributed by atoms with Crippen molar-refractivity contribution in [2.45, 2.75) is 19.9 Å². The van der Waals surface area contributed by atoms with Gasteiger partial charge in [-0.25, -0.2) is 9.59 Å². The zero-order chi connectivity index (χ0) is 18.8. The normalized spacial score (nSPS) is 11.1. The lowest BCUT2D eigenvalue weighted by molar-refractivity contribution is 0.299. The maximum Gasteiger partial charge on any atom is 0.422 e. The van der Waals surface area contributed by atoms with Gasteiger partial charge in [0, 0.05) is 11.9 Å². The third kappa shape index (κ3) is 3.24. The van der Waals surface area contributed by atoms with Crippen LogP contribution in [0.15, 0.2) is 74.7 Å². The van der Waals surface area contributed by atoms with E-state index in [2.05, 4.69) is 0 Å². The van der Waals surface area contributed by atoms with Gasteiger partial charge in [-0.15, -0.1) is 0 Å². The second kappa shape index (κ2) is 7.11. The Morgan fingerprint density at radius 3 is 2.56 bits per heavy atom. The molecule has 0 aliphatic carbocycles. The zero-order valence-corrected chi connectivity index (χ0v) is 15.0. The minimum atomic E-state index is -0.632. The Morgan fingerprint density at radius 1 is 0.926 bits per heavy atom. The highest BCUT2D eigenvalue weighted by molar-refractivity contribution is 5.88. The molecule has 1 heterocycles. The number of fused-ring (bicyclic) bond motifs is 2. The van der Waals surface area contributed by atoms with Crippen LogP contribution >= 0.6 is 0 Å². The van der Waals surface area contributed by atoms with Crippen LogP contribution in [-0.2, 0) is 6.54 Å². The number of benzene rings is 3. The van der Waals surface area contributed by atoms with Gasteiger partial charge in [0.25, 0.3) is 0 Å². The van der Waals surface area contributed by atoms with Crippen molar-refractivity contribution in [3.05, 3.63) is 87.2 Å². The number of nitrogens with zero attached hydrogens (tertiary/aromatic N) is 1. The summed E-state index contributed by atoms with van der Waals surface area (Å²) >= 11 is 0. The molecule has 0 saturated carbocycles. The van der Waals surface area contributed by atoms with Gasteiger partial charge < -0.3 is 9.15 Å². The maximum atomic E-state index is 12.2. The Kier molecular flexibility index (Phi) is 4.50. The van der Waals surface area contributed by atoms with Crippen molar-refractivity contribution in [2.24, 2.45) is 0 Å². The predicted octanol–water partition coefficient (Wildman–Crippen LogP) is 3.89. The Bertz CT molecular complexity index is 1230. The van der Waals surface area contributed by atoms with Crippen molar-refractivity contribution in [3.8, 4) is 5.75 Å². The molecule has 0 unspecified atom stereocenters. The van der Waals surface area contributed by atoms with Gasteiger partial charge in [-0.2, -0.15) is 0 Å². The van der Waals surface area contributed by atoms with E-state index in [1.54, 1.807) is 12.1 Å². The molecule has 0 saturated heterocycles. The van der Waals surface area contributed by atoms with Gasteiger partial charge in [-0.1, -0.05) is 48.5 Å². The quantitative estimate of drug-likeness (QED) is 0.506. The third-order valence-corrected chi connectivity index (χ3v) is 4.66. The minimum Gasteiger partial charge on any atom is -0.493 e. The van der Waals surface area contributed by atoms with Crippen LogP contribution in [-0.4, -0.2) is 11.2 Å². The molecule has 0 amide bonds. The third-order valence-electron chi connectivity index (χ3n) is 4.66. The van der Waals surface area contributed by atoms with Gasteiger partial charge in [-0.3, -0.25) is 4.57 Å². The van der Waals surface area contributed by atoms with Crippen LogP contribution in [0.4, 0.5) is 0 Å². The Labute approximate surface area is 155 Å². The van der Waals surface area contributed by atoms with Gasteiger partial charge in [0.2, 0.25) is 0 Å². The molecule has 0 radical (unpaired) electrons. The highest BCUT2D eigenvalue weighted by atomic mass is 16.5. The first-order valence-electron chi connectivity index (χ1n) is 8.89. The molecule has 5 nitrogen and oxygen atoms in total. The van der Waals surface area contributed by atoms with E-state index in [4.69, 9.17) is 9.15 Å². The molecule has 0 fully saturated rings. The van der Waals surface area contributed by atoms with Gasteiger partial charge in [0.1, 0.15) is 5.75 Å². The molecule has 0 aliphatic heterocycles. The fraction of sp³-hybridized carbons (Fsp3) is 0.182. The maximum absolute atomic E-state index is 12.2. The first-order chi connectivity index (χ1) is 13.1. The van der Waals surface area contributed by atoms with E-state index in [1.165, 1.54) is 4.57 Å². The molecule has 5 heteroatoms. The lowest BCUT2D eigenvalue weighted by Crippen LogP contribution is -2.26. The summed E-state index contributed by atoms with van der Waals surface area (Å²) in [6.45, 7) is 2.74. The van der Waals surface area contributed by atoms with Gasteiger partial charge in [0.15, 0.2) is 0 Å². The second-order valence-corrected chi connectivity index (χ2v) is 6.46. The van der Waals surface area contributed by atoms with Crippen LogP contribution < -0.4 is 16.1 Å². The number of hydrogen-bond acceptors (Lipinski definition) is 4. The highest BCUT2D eigenvalue weighted by Crippen LogP contribution is 2.25. The summed E-state index contributed by atoms with van der Waals surface area (Å²) in [7, 11) is 0. The van der Waals surface area contributed by atoms with Gasteiger partial charge >= 0.3 is 11.4 Å². The van der Waals surface area contributed by atoms with E-state index < -0.39 is 11.4 Å². The van der Waals surface area contributed by atoms with Gasteiger partial charge in [-0.05, 0) is 36.4 Å². The van der Waals surface area contributed by atoms with Crippen LogP contribution in [0.3, 0.4) is 0 Å². The summed E-state index contributed by atoms with van der Waals surface area (Å²) in [6, 6.07) is 19.3. The van der Waals surface area contributed by atoms with E-state index >= 15 is 0 Å². The summed E-state index contributed by atoms with van der Waals surface area (Å²) in [5, 5.41) is 2.60. The molecular formula is C22H19NO4. The molecule has 27 heavy (non-hydrogen) atoms. The van der Waals surface area contributed by atoms with Crippen molar-refractivity contribution in [1.29, 1.82) is 0 Å². The van der Waals surface area contributed by atoms with Crippen molar-refractivity contribution >= 4 is 21.7 Å². The van der Waals surface area contributed by atoms with Crippen LogP contribution in [0, 0.1) is 6.92 Å². The smallest absolute Gasteiger partial charge is 0.422 e. The SMILES string of the molecule is Cc1cccc2c(=O)oc(=O)n(CCCOc3cccc4ccccc34)c12. The molecule has 0 N–H and O–H groups in total. The summed E-state index contributed by atoms with van der Waals surface area (Å²) in [6.07, 6.45) is 0.611. The first-order valence-corrected chi connectivity index (χ1v) is 8.89. The van der Waals surface area contributed by atoms with Crippen LogP contribution in [0.25, 0.3) is 21.7 Å². The van der Waals surface area contributed by atoms with Crippen molar-refractivity contribution < 1.29 is 9.15 Å². The monoisotopic (exact) mass is 361 g/mol. The summed E-state index contributed by atoms with van der Waals surface area (Å²) in [4.78, 5) is 24.1. The topological polar surface area (TPSA) is 61.4 Å². The highest BCUT2D eigenvalue weighted by Gasteiger charge is 2.11.